The minimum atomic E-state index is 0. The first-order valence-electron chi connectivity index (χ1n) is 7.41. The van der Waals surface area contributed by atoms with E-state index in [9.17, 15) is 0 Å². The Hall–Kier alpha value is -2.00. The van der Waals surface area contributed by atoms with E-state index in [1.165, 1.54) is 16.7 Å². The molecule has 0 aromatic heterocycles. The SMILES string of the molecule is C=Cc1ccccc1.[CH2-]C(c1ccccc1)c1ccccc1.[Li+]. The predicted octanol–water partition coefficient (Wildman–Crippen LogP) is 2.99. The van der Waals surface area contributed by atoms with Gasteiger partial charge in [0.25, 0.3) is 0 Å². The average Bonchev–Trinajstić information content (AvgIpc) is 2.64. The molecule has 0 N–H and O–H groups in total. The van der Waals surface area contributed by atoms with Gasteiger partial charge in [0.05, 0.1) is 0 Å². The van der Waals surface area contributed by atoms with Gasteiger partial charge in [-0.15, -0.1) is 5.92 Å². The summed E-state index contributed by atoms with van der Waals surface area (Å²) in [6.07, 6.45) is 1.83. The largest absolute Gasteiger partial charge is 1.00 e. The van der Waals surface area contributed by atoms with Crippen LogP contribution in [-0.4, -0.2) is 0 Å². The van der Waals surface area contributed by atoms with Gasteiger partial charge in [0.1, 0.15) is 0 Å². The van der Waals surface area contributed by atoms with Crippen molar-refractivity contribution < 1.29 is 18.9 Å². The molecule has 0 aliphatic heterocycles. The van der Waals surface area contributed by atoms with Crippen LogP contribution in [0.15, 0.2) is 97.6 Å². The molecule has 0 aliphatic carbocycles. The predicted molar refractivity (Wildman–Crippen MR) is 96.6 cm³/mol. The normalized spacial score (nSPS) is 9.30. The van der Waals surface area contributed by atoms with Gasteiger partial charge in [0, 0.05) is 0 Å². The zero-order valence-corrected chi connectivity index (χ0v) is 13.7. The van der Waals surface area contributed by atoms with Crippen molar-refractivity contribution in [2.75, 3.05) is 0 Å². The molecule has 0 bridgehead atoms. The van der Waals surface area contributed by atoms with E-state index in [0.29, 0.717) is 0 Å². The summed E-state index contributed by atoms with van der Waals surface area (Å²) in [4.78, 5) is 0. The quantitative estimate of drug-likeness (QED) is 0.514. The number of hydrogen-bond donors (Lipinski definition) is 0. The van der Waals surface area contributed by atoms with Crippen LogP contribution in [0.4, 0.5) is 0 Å². The summed E-state index contributed by atoms with van der Waals surface area (Å²) in [6, 6.07) is 30.8. The molecule has 1 heteroatoms. The number of rotatable bonds is 3. The molecule has 0 saturated carbocycles. The third-order valence-electron chi connectivity index (χ3n) is 3.44. The summed E-state index contributed by atoms with van der Waals surface area (Å²) in [7, 11) is 0. The van der Waals surface area contributed by atoms with Crippen molar-refractivity contribution in [1.29, 1.82) is 0 Å². The topological polar surface area (TPSA) is 0 Å². The van der Waals surface area contributed by atoms with Gasteiger partial charge < -0.3 is 6.92 Å². The molecule has 0 unspecified atom stereocenters. The van der Waals surface area contributed by atoms with E-state index in [0.717, 1.165) is 0 Å². The summed E-state index contributed by atoms with van der Waals surface area (Å²) in [5.41, 5.74) is 3.70. The molecule has 0 heterocycles. The monoisotopic (exact) mass is 292 g/mol. The second-order valence-electron chi connectivity index (χ2n) is 4.99. The van der Waals surface area contributed by atoms with Gasteiger partial charge in [-0.1, -0.05) is 115 Å². The Morgan fingerprint density at radius 2 is 1.00 bits per heavy atom. The third-order valence-corrected chi connectivity index (χ3v) is 3.44. The Bertz CT molecular complexity index is 621. The zero-order chi connectivity index (χ0) is 15.6. The summed E-state index contributed by atoms with van der Waals surface area (Å²) < 4.78 is 0. The molecule has 0 fully saturated rings. The van der Waals surface area contributed by atoms with Crippen LogP contribution in [-0.2, 0) is 0 Å². The van der Waals surface area contributed by atoms with Crippen molar-refractivity contribution in [3.8, 4) is 0 Å². The van der Waals surface area contributed by atoms with Crippen LogP contribution in [0.25, 0.3) is 6.08 Å². The van der Waals surface area contributed by atoms with Crippen molar-refractivity contribution in [3.05, 3.63) is 121 Å². The maximum Gasteiger partial charge on any atom is 1.00 e. The molecule has 3 aromatic carbocycles. The summed E-state index contributed by atoms with van der Waals surface area (Å²) >= 11 is 0. The van der Waals surface area contributed by atoms with E-state index in [1.807, 2.05) is 48.5 Å². The molecule has 0 atom stereocenters. The molecule has 3 rings (SSSR count). The summed E-state index contributed by atoms with van der Waals surface area (Å²) in [6.45, 7) is 7.81. The smallest absolute Gasteiger partial charge is 0.332 e. The fourth-order valence-corrected chi connectivity index (χ4v) is 2.15. The van der Waals surface area contributed by atoms with Crippen LogP contribution in [0.5, 0.6) is 0 Å². The van der Waals surface area contributed by atoms with E-state index in [4.69, 9.17) is 0 Å². The van der Waals surface area contributed by atoms with Crippen molar-refractivity contribution in [2.45, 2.75) is 5.92 Å². The standard InChI is InChI=1S/C14H13.C8H8.Li/c1-12(13-8-4-2-5-9-13)14-10-6-3-7-11-14;1-2-8-6-4-3-5-7-8;/h2-12H,1H2;2-7H,1H2;/q-1;;+1. The molecule has 0 saturated heterocycles. The number of hydrogen-bond acceptors (Lipinski definition) is 0. The summed E-state index contributed by atoms with van der Waals surface area (Å²) in [5.74, 6) is 0.234. The maximum atomic E-state index is 4.18. The van der Waals surface area contributed by atoms with Crippen molar-refractivity contribution in [1.82, 2.24) is 0 Å². The van der Waals surface area contributed by atoms with Crippen LogP contribution in [0, 0.1) is 6.92 Å². The summed E-state index contributed by atoms with van der Waals surface area (Å²) in [5, 5.41) is 0. The molecule has 23 heavy (non-hydrogen) atoms. The van der Waals surface area contributed by atoms with Gasteiger partial charge in [0.15, 0.2) is 0 Å². The molecule has 0 radical (unpaired) electrons. The van der Waals surface area contributed by atoms with Gasteiger partial charge in [-0.3, -0.25) is 0 Å². The Kier molecular flexibility index (Phi) is 8.84. The van der Waals surface area contributed by atoms with Gasteiger partial charge >= 0.3 is 18.9 Å². The fourth-order valence-electron chi connectivity index (χ4n) is 2.15. The minimum Gasteiger partial charge on any atom is -0.332 e. The van der Waals surface area contributed by atoms with Gasteiger partial charge in [-0.2, -0.15) is 0 Å². The Balaban J connectivity index is 0.000000253. The molecular weight excluding hydrogens is 271 g/mol. The molecule has 0 aliphatic rings. The first-order chi connectivity index (χ1) is 10.8. The fraction of sp³-hybridized carbons (Fsp3) is 0.0455. The van der Waals surface area contributed by atoms with Crippen molar-refractivity contribution in [3.63, 3.8) is 0 Å². The van der Waals surface area contributed by atoms with Gasteiger partial charge in [0.2, 0.25) is 0 Å². The maximum absolute atomic E-state index is 4.18. The van der Waals surface area contributed by atoms with Crippen molar-refractivity contribution >= 4 is 6.08 Å². The van der Waals surface area contributed by atoms with E-state index >= 15 is 0 Å². The van der Waals surface area contributed by atoms with Gasteiger partial charge in [-0.25, -0.2) is 0 Å². The third kappa shape index (κ3) is 6.33. The van der Waals surface area contributed by atoms with E-state index in [1.54, 1.807) is 0 Å². The molecule has 0 nitrogen and oxygen atoms in total. The van der Waals surface area contributed by atoms with Crippen LogP contribution >= 0.6 is 0 Å². The molecule has 3 aromatic rings. The van der Waals surface area contributed by atoms with Crippen LogP contribution < -0.4 is 18.9 Å². The second kappa shape index (κ2) is 10.7. The first kappa shape index (κ1) is 19.0. The minimum absolute atomic E-state index is 0. The Morgan fingerprint density at radius 3 is 1.30 bits per heavy atom. The molecule has 110 valence electrons. The molecular formula is C22H21Li. The zero-order valence-electron chi connectivity index (χ0n) is 13.7. The molecule has 0 amide bonds. The van der Waals surface area contributed by atoms with Gasteiger partial charge in [-0.05, 0) is 5.56 Å². The van der Waals surface area contributed by atoms with E-state index < -0.39 is 0 Å². The Labute approximate surface area is 152 Å². The first-order valence-corrected chi connectivity index (χ1v) is 7.41. The van der Waals surface area contributed by atoms with Crippen LogP contribution in [0.2, 0.25) is 0 Å². The van der Waals surface area contributed by atoms with Crippen LogP contribution in [0.1, 0.15) is 22.6 Å². The number of benzene rings is 3. The average molecular weight is 292 g/mol. The Morgan fingerprint density at radius 1 is 0.652 bits per heavy atom. The van der Waals surface area contributed by atoms with E-state index in [-0.39, 0.29) is 24.8 Å². The van der Waals surface area contributed by atoms with Crippen LogP contribution in [0.3, 0.4) is 0 Å². The van der Waals surface area contributed by atoms with Crippen molar-refractivity contribution in [2.24, 2.45) is 0 Å². The van der Waals surface area contributed by atoms with E-state index in [2.05, 4.69) is 62.0 Å². The second-order valence-corrected chi connectivity index (χ2v) is 4.99. The molecule has 0 spiro atoms.